The molecule has 0 aliphatic carbocycles. The molecule has 0 radical (unpaired) electrons. The molecule has 0 amide bonds. The van der Waals surface area contributed by atoms with Crippen LogP contribution in [0, 0.1) is 13.8 Å². The lowest BCUT2D eigenvalue weighted by Crippen LogP contribution is -2.08. The third kappa shape index (κ3) is 2.87. The van der Waals surface area contributed by atoms with Crippen LogP contribution < -0.4 is 0 Å². The van der Waals surface area contributed by atoms with E-state index in [0.29, 0.717) is 16.8 Å². The molecule has 5 aromatic rings. The molecule has 5 rings (SSSR count). The molecular weight excluding hydrogens is 384 g/mol. The quantitative estimate of drug-likeness (QED) is 0.378. The molecule has 1 N–H and O–H groups in total. The van der Waals surface area contributed by atoms with Crippen LogP contribution in [0.3, 0.4) is 0 Å². The number of carbonyl (C=O) groups excluding carboxylic acids is 1. The van der Waals surface area contributed by atoms with Crippen molar-refractivity contribution in [3.8, 4) is 16.9 Å². The van der Waals surface area contributed by atoms with Crippen LogP contribution in [0.25, 0.3) is 32.9 Å². The average Bonchev–Trinajstić information content (AvgIpc) is 3.22. The second kappa shape index (κ2) is 6.88. The van der Waals surface area contributed by atoms with Crippen LogP contribution in [0.1, 0.15) is 27.2 Å². The molecule has 3 aromatic carbocycles. The Kier molecular flexibility index (Phi) is 4.26. The number of aryl methyl sites for hydroxylation is 4. The maximum Gasteiger partial charge on any atom is 0.212 e. The Morgan fingerprint density at radius 3 is 2.19 bits per heavy atom. The van der Waals surface area contributed by atoms with E-state index in [9.17, 15) is 9.90 Å². The number of rotatable bonds is 3. The first kappa shape index (κ1) is 19.2. The Bertz CT molecular complexity index is 1500. The van der Waals surface area contributed by atoms with Gasteiger partial charge in [-0.15, -0.1) is 0 Å². The SMILES string of the molecule is Cc1ccc2c(C(=O)c3c(-c4ccccc4O)c4ccc(C)cc4n3C)cn(C)c2c1. The van der Waals surface area contributed by atoms with Gasteiger partial charge >= 0.3 is 0 Å². The highest BCUT2D eigenvalue weighted by Crippen LogP contribution is 2.40. The number of phenols is 1. The van der Waals surface area contributed by atoms with Crippen molar-refractivity contribution >= 4 is 27.6 Å². The number of aromatic nitrogens is 2. The van der Waals surface area contributed by atoms with Crippen molar-refractivity contribution in [3.05, 3.63) is 89.2 Å². The van der Waals surface area contributed by atoms with E-state index in [1.165, 1.54) is 0 Å². The zero-order valence-electron chi connectivity index (χ0n) is 18.1. The Hall–Kier alpha value is -3.79. The van der Waals surface area contributed by atoms with Crippen LogP contribution >= 0.6 is 0 Å². The summed E-state index contributed by atoms with van der Waals surface area (Å²) in [5.74, 6) is 0.113. The predicted molar refractivity (Wildman–Crippen MR) is 126 cm³/mol. The summed E-state index contributed by atoms with van der Waals surface area (Å²) in [4.78, 5) is 14.0. The van der Waals surface area contributed by atoms with Gasteiger partial charge in [0.25, 0.3) is 0 Å². The number of hydrogen-bond donors (Lipinski definition) is 1. The van der Waals surface area contributed by atoms with Crippen molar-refractivity contribution in [2.24, 2.45) is 14.1 Å². The second-order valence-corrected chi connectivity index (χ2v) is 8.32. The molecule has 0 aliphatic heterocycles. The molecule has 0 atom stereocenters. The Labute approximate surface area is 181 Å². The van der Waals surface area contributed by atoms with Crippen molar-refractivity contribution in [1.29, 1.82) is 0 Å². The van der Waals surface area contributed by atoms with Crippen molar-refractivity contribution in [2.75, 3.05) is 0 Å². The summed E-state index contributed by atoms with van der Waals surface area (Å²) in [6, 6.07) is 19.5. The van der Waals surface area contributed by atoms with Gasteiger partial charge in [-0.05, 0) is 43.2 Å². The first-order chi connectivity index (χ1) is 14.9. The number of benzene rings is 3. The molecule has 31 heavy (non-hydrogen) atoms. The van der Waals surface area contributed by atoms with E-state index in [2.05, 4.69) is 19.1 Å². The van der Waals surface area contributed by atoms with Crippen molar-refractivity contribution in [1.82, 2.24) is 9.13 Å². The number of nitrogens with zero attached hydrogens (tertiary/aromatic N) is 2. The minimum atomic E-state index is -0.0518. The third-order valence-corrected chi connectivity index (χ3v) is 6.14. The van der Waals surface area contributed by atoms with E-state index >= 15 is 0 Å². The van der Waals surface area contributed by atoms with Gasteiger partial charge in [0.15, 0.2) is 0 Å². The van der Waals surface area contributed by atoms with Gasteiger partial charge in [-0.1, -0.05) is 42.5 Å². The lowest BCUT2D eigenvalue weighted by Gasteiger charge is -2.09. The van der Waals surface area contributed by atoms with E-state index in [-0.39, 0.29) is 11.5 Å². The third-order valence-electron chi connectivity index (χ3n) is 6.14. The molecule has 0 unspecified atom stereocenters. The van der Waals surface area contributed by atoms with Gasteiger partial charge in [0, 0.05) is 58.8 Å². The summed E-state index contributed by atoms with van der Waals surface area (Å²) in [7, 11) is 3.89. The number of hydrogen-bond acceptors (Lipinski definition) is 2. The first-order valence-electron chi connectivity index (χ1n) is 10.3. The summed E-state index contributed by atoms with van der Waals surface area (Å²) in [6.07, 6.45) is 1.91. The zero-order chi connectivity index (χ0) is 21.9. The molecule has 2 heterocycles. The lowest BCUT2D eigenvalue weighted by atomic mass is 9.96. The predicted octanol–water partition coefficient (Wildman–Crippen LogP) is 5.89. The Morgan fingerprint density at radius 1 is 0.839 bits per heavy atom. The smallest absolute Gasteiger partial charge is 0.212 e. The molecule has 4 nitrogen and oxygen atoms in total. The number of phenolic OH excluding ortho intramolecular Hbond substituents is 1. The fourth-order valence-electron chi connectivity index (χ4n) is 4.57. The largest absolute Gasteiger partial charge is 0.507 e. The van der Waals surface area contributed by atoms with E-state index in [1.54, 1.807) is 12.1 Å². The van der Waals surface area contributed by atoms with E-state index in [0.717, 1.165) is 38.5 Å². The molecular formula is C27H24N2O2. The molecule has 0 saturated heterocycles. The van der Waals surface area contributed by atoms with Crippen LogP contribution in [0.2, 0.25) is 0 Å². The van der Waals surface area contributed by atoms with Crippen molar-refractivity contribution in [3.63, 3.8) is 0 Å². The van der Waals surface area contributed by atoms with Crippen LogP contribution in [0.4, 0.5) is 0 Å². The monoisotopic (exact) mass is 408 g/mol. The summed E-state index contributed by atoms with van der Waals surface area (Å²) < 4.78 is 3.96. The number of ketones is 1. The number of aromatic hydroxyl groups is 1. The normalized spacial score (nSPS) is 11.5. The maximum absolute atomic E-state index is 14.0. The summed E-state index contributed by atoms with van der Waals surface area (Å²) >= 11 is 0. The van der Waals surface area contributed by atoms with Gasteiger partial charge in [-0.2, -0.15) is 0 Å². The molecule has 0 aliphatic rings. The van der Waals surface area contributed by atoms with E-state index in [1.807, 2.05) is 72.7 Å². The summed E-state index contributed by atoms with van der Waals surface area (Å²) in [6.45, 7) is 4.09. The molecule has 0 saturated carbocycles. The molecule has 0 fully saturated rings. The lowest BCUT2D eigenvalue weighted by molar-refractivity contribution is 0.103. The number of para-hydroxylation sites is 1. The molecule has 154 valence electrons. The van der Waals surface area contributed by atoms with Crippen LogP contribution in [-0.2, 0) is 14.1 Å². The fourth-order valence-corrected chi connectivity index (χ4v) is 4.57. The Morgan fingerprint density at radius 2 is 1.48 bits per heavy atom. The first-order valence-corrected chi connectivity index (χ1v) is 10.3. The van der Waals surface area contributed by atoms with Gasteiger partial charge in [-0.3, -0.25) is 4.79 Å². The maximum atomic E-state index is 14.0. The van der Waals surface area contributed by atoms with Gasteiger partial charge in [0.1, 0.15) is 5.75 Å². The second-order valence-electron chi connectivity index (χ2n) is 8.32. The topological polar surface area (TPSA) is 47.2 Å². The van der Waals surface area contributed by atoms with Gasteiger partial charge in [0.05, 0.1) is 5.69 Å². The Balaban J connectivity index is 1.85. The van der Waals surface area contributed by atoms with Crippen LogP contribution in [0.5, 0.6) is 5.75 Å². The fraction of sp³-hybridized carbons (Fsp3) is 0.148. The van der Waals surface area contributed by atoms with Crippen LogP contribution in [-0.4, -0.2) is 20.0 Å². The van der Waals surface area contributed by atoms with Gasteiger partial charge < -0.3 is 14.2 Å². The molecule has 0 spiro atoms. The highest BCUT2D eigenvalue weighted by atomic mass is 16.3. The van der Waals surface area contributed by atoms with E-state index < -0.39 is 0 Å². The molecule has 0 bridgehead atoms. The summed E-state index contributed by atoms with van der Waals surface area (Å²) in [5, 5.41) is 12.5. The number of carbonyl (C=O) groups is 1. The van der Waals surface area contributed by atoms with E-state index in [4.69, 9.17) is 0 Å². The average molecular weight is 409 g/mol. The molecule has 4 heteroatoms. The van der Waals surface area contributed by atoms with Crippen LogP contribution in [0.15, 0.2) is 66.9 Å². The minimum absolute atomic E-state index is 0.0518. The standard InChI is InChI=1S/C27H24N2O2/c1-16-9-11-18-21(15-28(3)22(18)13-16)27(31)26-25(20-7-5-6-8-24(20)30)19-12-10-17(2)14-23(19)29(26)4/h5-15,30H,1-4H3. The zero-order valence-corrected chi connectivity index (χ0v) is 18.1. The van der Waals surface area contributed by atoms with Gasteiger partial charge in [0.2, 0.25) is 5.78 Å². The van der Waals surface area contributed by atoms with Crippen molar-refractivity contribution in [2.45, 2.75) is 13.8 Å². The number of fused-ring (bicyclic) bond motifs is 2. The minimum Gasteiger partial charge on any atom is -0.507 e. The highest BCUT2D eigenvalue weighted by Gasteiger charge is 2.26. The summed E-state index contributed by atoms with van der Waals surface area (Å²) in [5.41, 5.74) is 6.95. The van der Waals surface area contributed by atoms with Gasteiger partial charge in [-0.25, -0.2) is 0 Å². The highest BCUT2D eigenvalue weighted by molar-refractivity contribution is 6.22. The van der Waals surface area contributed by atoms with Crippen molar-refractivity contribution < 1.29 is 9.90 Å². The molecule has 2 aromatic heterocycles.